The average molecular weight is 389 g/mol. The first-order valence-electron chi connectivity index (χ1n) is 8.94. The van der Waals surface area contributed by atoms with Gasteiger partial charge in [-0.2, -0.15) is 8.42 Å². The molecule has 2 aromatic rings. The fourth-order valence-electron chi connectivity index (χ4n) is 2.80. The summed E-state index contributed by atoms with van der Waals surface area (Å²) in [6, 6.07) is 18.5. The number of hydrogen-bond acceptors (Lipinski definition) is 2. The van der Waals surface area contributed by atoms with Crippen molar-refractivity contribution in [1.29, 1.82) is 0 Å². The number of allylic oxidation sites excluding steroid dienone is 1. The van der Waals surface area contributed by atoms with E-state index in [2.05, 4.69) is 31.8 Å². The van der Waals surface area contributed by atoms with Crippen LogP contribution < -0.4 is 0 Å². The Hall–Kier alpha value is -1.69. The van der Waals surface area contributed by atoms with E-state index in [0.29, 0.717) is 0 Å². The molecular formula is C21H28O3SSi. The summed E-state index contributed by atoms with van der Waals surface area (Å²) in [6.45, 7) is 7.14. The maximum absolute atomic E-state index is 11.7. The van der Waals surface area contributed by atoms with Gasteiger partial charge in [0.25, 0.3) is 10.1 Å². The van der Waals surface area contributed by atoms with E-state index >= 15 is 0 Å². The van der Waals surface area contributed by atoms with E-state index in [-0.39, 0.29) is 11.3 Å². The van der Waals surface area contributed by atoms with Gasteiger partial charge in [-0.1, -0.05) is 86.7 Å². The third-order valence-electron chi connectivity index (χ3n) is 4.25. The summed E-state index contributed by atoms with van der Waals surface area (Å²) in [6.07, 6.45) is 3.95. The Morgan fingerprint density at radius 1 is 0.962 bits per heavy atom. The second-order valence-corrected chi connectivity index (χ2v) is 15.0. The van der Waals surface area contributed by atoms with Crippen molar-refractivity contribution in [1.82, 2.24) is 0 Å². The van der Waals surface area contributed by atoms with Gasteiger partial charge in [-0.25, -0.2) is 0 Å². The molecule has 0 atom stereocenters. The summed E-state index contributed by atoms with van der Waals surface area (Å²) < 4.78 is 33.0. The third-order valence-corrected chi connectivity index (χ3v) is 7.03. The number of hydrogen-bond donors (Lipinski definition) is 1. The molecule has 0 radical (unpaired) electrons. The van der Waals surface area contributed by atoms with Crippen LogP contribution in [0.2, 0.25) is 25.7 Å². The summed E-state index contributed by atoms with van der Waals surface area (Å²) in [5.41, 5.74) is 2.90. The van der Waals surface area contributed by atoms with Crippen LogP contribution in [0.3, 0.4) is 0 Å². The molecule has 0 fully saturated rings. The van der Waals surface area contributed by atoms with Gasteiger partial charge in [0.15, 0.2) is 0 Å². The van der Waals surface area contributed by atoms with Crippen molar-refractivity contribution in [2.75, 3.05) is 0 Å². The second-order valence-electron chi connectivity index (χ2n) is 7.90. The molecule has 1 N–H and O–H groups in total. The topological polar surface area (TPSA) is 54.4 Å². The fourth-order valence-corrected chi connectivity index (χ4v) is 4.67. The molecule has 0 aromatic heterocycles. The van der Waals surface area contributed by atoms with E-state index < -0.39 is 18.2 Å². The number of benzene rings is 2. The zero-order valence-corrected chi connectivity index (χ0v) is 17.6. The molecule has 0 saturated heterocycles. The first-order valence-corrected chi connectivity index (χ1v) is 14.1. The Kier molecular flexibility index (Phi) is 6.98. The second kappa shape index (κ2) is 8.80. The summed E-state index contributed by atoms with van der Waals surface area (Å²) >= 11 is 0. The lowest BCUT2D eigenvalue weighted by atomic mass is 10.1. The van der Waals surface area contributed by atoms with Crippen molar-refractivity contribution in [3.8, 4) is 0 Å². The van der Waals surface area contributed by atoms with Gasteiger partial charge in [-0.05, 0) is 29.2 Å². The quantitative estimate of drug-likeness (QED) is 0.485. The van der Waals surface area contributed by atoms with E-state index in [0.717, 1.165) is 17.5 Å². The molecule has 0 aliphatic carbocycles. The van der Waals surface area contributed by atoms with Crippen LogP contribution in [0, 0.1) is 0 Å². The van der Waals surface area contributed by atoms with Crippen LogP contribution in [0.25, 0.3) is 6.08 Å². The highest BCUT2D eigenvalue weighted by Gasteiger charge is 2.15. The molecule has 0 heterocycles. The van der Waals surface area contributed by atoms with Crippen molar-refractivity contribution >= 4 is 24.3 Å². The summed E-state index contributed by atoms with van der Waals surface area (Å²) in [5, 5.41) is 0. The summed E-state index contributed by atoms with van der Waals surface area (Å²) in [5.74, 6) is 0. The molecule has 0 bridgehead atoms. The maximum Gasteiger partial charge on any atom is 0.290 e. The molecule has 0 unspecified atom stereocenters. The lowest BCUT2D eigenvalue weighted by molar-refractivity contribution is 0.490. The lowest BCUT2D eigenvalue weighted by Gasteiger charge is -2.15. The number of aryl methyl sites for hydroxylation is 1. The molecular weight excluding hydrogens is 360 g/mol. The van der Waals surface area contributed by atoms with E-state index in [4.69, 9.17) is 0 Å². The van der Waals surface area contributed by atoms with Crippen molar-refractivity contribution in [3.05, 3.63) is 76.2 Å². The predicted octanol–water partition coefficient (Wildman–Crippen LogP) is 5.43. The van der Waals surface area contributed by atoms with E-state index in [1.807, 2.05) is 42.5 Å². The van der Waals surface area contributed by atoms with Gasteiger partial charge in [0.05, 0.1) is 4.91 Å². The molecule has 0 amide bonds. The zero-order valence-electron chi connectivity index (χ0n) is 15.8. The first kappa shape index (κ1) is 20.6. The first-order chi connectivity index (χ1) is 12.1. The van der Waals surface area contributed by atoms with Crippen LogP contribution in [0.15, 0.2) is 59.5 Å². The monoisotopic (exact) mass is 388 g/mol. The molecule has 26 heavy (non-hydrogen) atoms. The normalized spacial score (nSPS) is 13.0. The van der Waals surface area contributed by atoms with Crippen molar-refractivity contribution in [3.63, 3.8) is 0 Å². The van der Waals surface area contributed by atoms with Crippen molar-refractivity contribution in [2.24, 2.45) is 0 Å². The average Bonchev–Trinajstić information content (AvgIpc) is 2.55. The largest absolute Gasteiger partial charge is 0.290 e. The Balaban J connectivity index is 2.08. The highest BCUT2D eigenvalue weighted by Crippen LogP contribution is 2.19. The van der Waals surface area contributed by atoms with Gasteiger partial charge in [0, 0.05) is 14.5 Å². The standard InChI is InChI=1S/C21H28O3SSi/c1-26(2,3)15-7-10-18-11-13-20(14-12-18)17-21(25(22,23)24)16-19-8-5-4-6-9-19/h4-6,8-9,11-14,16H,7,10,15,17H2,1-3H3,(H,22,23,24). The van der Waals surface area contributed by atoms with Crippen LogP contribution >= 0.6 is 0 Å². The van der Waals surface area contributed by atoms with Gasteiger partial charge < -0.3 is 0 Å². The minimum Gasteiger partial charge on any atom is -0.282 e. The van der Waals surface area contributed by atoms with Crippen LogP contribution in [-0.2, 0) is 23.0 Å². The van der Waals surface area contributed by atoms with Gasteiger partial charge in [-0.15, -0.1) is 0 Å². The van der Waals surface area contributed by atoms with E-state index in [9.17, 15) is 13.0 Å². The molecule has 0 aliphatic heterocycles. The van der Waals surface area contributed by atoms with Gasteiger partial charge in [0.2, 0.25) is 0 Å². The predicted molar refractivity (Wildman–Crippen MR) is 113 cm³/mol. The zero-order chi connectivity index (χ0) is 19.2. The Bertz CT molecular complexity index is 833. The van der Waals surface area contributed by atoms with Crippen LogP contribution in [0.1, 0.15) is 23.1 Å². The van der Waals surface area contributed by atoms with Gasteiger partial charge >= 0.3 is 0 Å². The Morgan fingerprint density at radius 2 is 1.54 bits per heavy atom. The minimum absolute atomic E-state index is 0.00943. The lowest BCUT2D eigenvalue weighted by Crippen LogP contribution is -2.18. The van der Waals surface area contributed by atoms with Crippen LogP contribution in [0.5, 0.6) is 0 Å². The van der Waals surface area contributed by atoms with E-state index in [1.54, 1.807) is 0 Å². The fraction of sp³-hybridized carbons (Fsp3) is 0.333. The van der Waals surface area contributed by atoms with Gasteiger partial charge in [-0.3, -0.25) is 4.55 Å². The molecule has 0 spiro atoms. The van der Waals surface area contributed by atoms with Crippen molar-refractivity contribution < 1.29 is 13.0 Å². The molecule has 0 saturated carbocycles. The van der Waals surface area contributed by atoms with Gasteiger partial charge in [0.1, 0.15) is 0 Å². The van der Waals surface area contributed by atoms with Crippen LogP contribution in [-0.4, -0.2) is 21.0 Å². The summed E-state index contributed by atoms with van der Waals surface area (Å²) in [4.78, 5) is 0.00943. The molecule has 3 nitrogen and oxygen atoms in total. The van der Waals surface area contributed by atoms with E-state index in [1.165, 1.54) is 24.1 Å². The maximum atomic E-state index is 11.7. The molecule has 0 aliphatic rings. The molecule has 5 heteroatoms. The molecule has 2 aromatic carbocycles. The molecule has 2 rings (SSSR count). The molecule has 140 valence electrons. The SMILES string of the molecule is C[Si](C)(C)CCCc1ccc(CC(=Cc2ccccc2)S(=O)(=O)O)cc1. The minimum atomic E-state index is -4.24. The highest BCUT2D eigenvalue weighted by molar-refractivity contribution is 7.90. The van der Waals surface area contributed by atoms with Crippen molar-refractivity contribution in [2.45, 2.75) is 44.9 Å². The third kappa shape index (κ3) is 7.28. The van der Waals surface area contributed by atoms with Crippen LogP contribution in [0.4, 0.5) is 0 Å². The smallest absolute Gasteiger partial charge is 0.282 e. The summed E-state index contributed by atoms with van der Waals surface area (Å²) in [7, 11) is -5.24. The Labute approximate surface area is 158 Å². The number of rotatable bonds is 8. The Morgan fingerprint density at radius 3 is 2.08 bits per heavy atom. The highest BCUT2D eigenvalue weighted by atomic mass is 32.2.